The highest BCUT2D eigenvalue weighted by Crippen LogP contribution is 2.26. The van der Waals surface area contributed by atoms with Crippen molar-refractivity contribution in [3.8, 4) is 0 Å². The summed E-state index contributed by atoms with van der Waals surface area (Å²) < 4.78 is 0. The van der Waals surface area contributed by atoms with Crippen molar-refractivity contribution in [2.45, 2.75) is 116 Å². The second-order valence-electron chi connectivity index (χ2n) is 6.85. The van der Waals surface area contributed by atoms with Crippen molar-refractivity contribution in [1.82, 2.24) is 0 Å². The molecule has 0 rings (SSSR count). The van der Waals surface area contributed by atoms with E-state index in [0.29, 0.717) is 6.42 Å². The molecule has 2 N–H and O–H groups in total. The molecule has 0 heterocycles. The highest BCUT2D eigenvalue weighted by atomic mass is 16.5. The summed E-state index contributed by atoms with van der Waals surface area (Å²) in [4.78, 5) is 0. The summed E-state index contributed by atoms with van der Waals surface area (Å²) in [6.45, 7) is 6.43. The number of aliphatic hydroxyl groups is 2. The van der Waals surface area contributed by atoms with Gasteiger partial charge in [-0.25, -0.2) is 0 Å². The molecule has 0 aromatic heterocycles. The number of rotatable bonds is 15. The molecule has 0 fully saturated rings. The van der Waals surface area contributed by atoms with E-state index in [4.69, 9.17) is 0 Å². The molecular weight excluding hydrogens is 260 g/mol. The Labute approximate surface area is 133 Å². The smallest absolute Gasteiger partial charge is 0.165 e. The van der Waals surface area contributed by atoms with Crippen molar-refractivity contribution in [2.24, 2.45) is 5.92 Å². The first-order chi connectivity index (χ1) is 10.0. The van der Waals surface area contributed by atoms with Crippen LogP contribution in [0.4, 0.5) is 0 Å². The topological polar surface area (TPSA) is 40.5 Å². The van der Waals surface area contributed by atoms with Crippen LogP contribution >= 0.6 is 0 Å². The fraction of sp³-hybridized carbons (Fsp3) is 1.00. The van der Waals surface area contributed by atoms with E-state index in [1.54, 1.807) is 0 Å². The van der Waals surface area contributed by atoms with Gasteiger partial charge in [-0.2, -0.15) is 0 Å². The summed E-state index contributed by atoms with van der Waals surface area (Å²) in [5.74, 6) is -1.45. The summed E-state index contributed by atoms with van der Waals surface area (Å²) in [5.41, 5.74) is 0. The molecule has 0 aliphatic carbocycles. The third-order valence-corrected chi connectivity index (χ3v) is 4.68. The van der Waals surface area contributed by atoms with Gasteiger partial charge in [0.1, 0.15) is 0 Å². The Hall–Kier alpha value is -0.0800. The van der Waals surface area contributed by atoms with Crippen molar-refractivity contribution < 1.29 is 10.2 Å². The van der Waals surface area contributed by atoms with E-state index in [1.807, 2.05) is 6.92 Å². The van der Waals surface area contributed by atoms with E-state index in [0.717, 1.165) is 25.7 Å². The number of hydrogen-bond donors (Lipinski definition) is 2. The van der Waals surface area contributed by atoms with Gasteiger partial charge in [-0.15, -0.1) is 0 Å². The normalized spacial score (nSPS) is 13.6. The lowest BCUT2D eigenvalue weighted by Crippen LogP contribution is -2.36. The van der Waals surface area contributed by atoms with Crippen LogP contribution in [0.5, 0.6) is 0 Å². The van der Waals surface area contributed by atoms with Crippen LogP contribution in [-0.2, 0) is 0 Å². The van der Waals surface area contributed by atoms with Crippen LogP contribution in [0, 0.1) is 5.92 Å². The predicted molar refractivity (Wildman–Crippen MR) is 92.3 cm³/mol. The van der Waals surface area contributed by atoms with Crippen LogP contribution in [0.2, 0.25) is 0 Å². The molecule has 0 aliphatic heterocycles. The van der Waals surface area contributed by atoms with Gasteiger partial charge >= 0.3 is 0 Å². The van der Waals surface area contributed by atoms with Crippen molar-refractivity contribution in [3.63, 3.8) is 0 Å². The highest BCUT2D eigenvalue weighted by molar-refractivity contribution is 4.72. The van der Waals surface area contributed by atoms with Gasteiger partial charge in [-0.05, 0) is 12.8 Å². The lowest BCUT2D eigenvalue weighted by molar-refractivity contribution is -0.203. The first-order valence-electron chi connectivity index (χ1n) is 9.49. The Kier molecular flexibility index (Phi) is 13.5. The number of hydrogen-bond acceptors (Lipinski definition) is 2. The fourth-order valence-corrected chi connectivity index (χ4v) is 2.87. The standard InChI is InChI=1S/C19H40O2/c1-4-6-8-10-11-12-13-15-17-19(20,21)18(3)16-14-9-7-5-2/h18,20-21H,4-17H2,1-3H3. The molecule has 128 valence electrons. The highest BCUT2D eigenvalue weighted by Gasteiger charge is 2.29. The van der Waals surface area contributed by atoms with E-state index >= 15 is 0 Å². The summed E-state index contributed by atoms with van der Waals surface area (Å²) in [7, 11) is 0. The van der Waals surface area contributed by atoms with Crippen molar-refractivity contribution in [1.29, 1.82) is 0 Å². The molecule has 1 atom stereocenters. The zero-order chi connectivity index (χ0) is 16.0. The minimum Gasteiger partial charge on any atom is -0.365 e. The van der Waals surface area contributed by atoms with Gasteiger partial charge in [0.15, 0.2) is 5.79 Å². The minimum atomic E-state index is -1.45. The maximum Gasteiger partial charge on any atom is 0.165 e. The Bertz CT molecular complexity index is 214. The summed E-state index contributed by atoms with van der Waals surface area (Å²) in [6, 6.07) is 0. The second-order valence-corrected chi connectivity index (χ2v) is 6.85. The molecule has 0 radical (unpaired) electrons. The Morgan fingerprint density at radius 1 is 0.667 bits per heavy atom. The quantitative estimate of drug-likeness (QED) is 0.296. The van der Waals surface area contributed by atoms with Gasteiger partial charge in [0.05, 0.1) is 0 Å². The molecule has 0 aliphatic rings. The first-order valence-corrected chi connectivity index (χ1v) is 9.49. The molecule has 0 aromatic rings. The Balaban J connectivity index is 3.57. The third-order valence-electron chi connectivity index (χ3n) is 4.68. The molecule has 0 bridgehead atoms. The van der Waals surface area contributed by atoms with E-state index in [2.05, 4.69) is 13.8 Å². The average molecular weight is 301 g/mol. The Morgan fingerprint density at radius 3 is 1.62 bits per heavy atom. The largest absolute Gasteiger partial charge is 0.365 e. The zero-order valence-corrected chi connectivity index (χ0v) is 14.9. The molecule has 0 amide bonds. The molecule has 21 heavy (non-hydrogen) atoms. The molecule has 2 nitrogen and oxygen atoms in total. The van der Waals surface area contributed by atoms with Crippen molar-refractivity contribution >= 4 is 0 Å². The summed E-state index contributed by atoms with van der Waals surface area (Å²) in [5, 5.41) is 20.3. The van der Waals surface area contributed by atoms with Crippen LogP contribution in [0.25, 0.3) is 0 Å². The van der Waals surface area contributed by atoms with E-state index in [1.165, 1.54) is 57.8 Å². The van der Waals surface area contributed by atoms with Crippen molar-refractivity contribution in [3.05, 3.63) is 0 Å². The number of unbranched alkanes of at least 4 members (excludes halogenated alkanes) is 10. The van der Waals surface area contributed by atoms with E-state index < -0.39 is 5.79 Å². The first kappa shape index (κ1) is 20.9. The predicted octanol–water partition coefficient (Wildman–Crippen LogP) is 5.80. The second kappa shape index (κ2) is 13.6. The van der Waals surface area contributed by atoms with Gasteiger partial charge in [-0.3, -0.25) is 0 Å². The van der Waals surface area contributed by atoms with E-state index in [9.17, 15) is 10.2 Å². The summed E-state index contributed by atoms with van der Waals surface area (Å²) in [6.07, 6.45) is 16.3. The third kappa shape index (κ3) is 12.2. The molecule has 2 heteroatoms. The van der Waals surface area contributed by atoms with Crippen LogP contribution in [0.1, 0.15) is 111 Å². The van der Waals surface area contributed by atoms with Gasteiger partial charge in [0.25, 0.3) is 0 Å². The van der Waals surface area contributed by atoms with Crippen LogP contribution < -0.4 is 0 Å². The fourth-order valence-electron chi connectivity index (χ4n) is 2.87. The summed E-state index contributed by atoms with van der Waals surface area (Å²) >= 11 is 0. The molecule has 0 spiro atoms. The molecular formula is C19H40O2. The SMILES string of the molecule is CCCCCCCCCCC(O)(O)C(C)CCCCCC. The maximum atomic E-state index is 10.2. The molecule has 0 saturated carbocycles. The molecule has 0 saturated heterocycles. The molecule has 1 unspecified atom stereocenters. The monoisotopic (exact) mass is 300 g/mol. The van der Waals surface area contributed by atoms with E-state index in [-0.39, 0.29) is 5.92 Å². The maximum absolute atomic E-state index is 10.2. The van der Waals surface area contributed by atoms with Crippen LogP contribution in [0.15, 0.2) is 0 Å². The lowest BCUT2D eigenvalue weighted by Gasteiger charge is -2.29. The molecule has 0 aromatic carbocycles. The van der Waals surface area contributed by atoms with Gasteiger partial charge in [0, 0.05) is 12.3 Å². The zero-order valence-electron chi connectivity index (χ0n) is 14.9. The van der Waals surface area contributed by atoms with Gasteiger partial charge in [0.2, 0.25) is 0 Å². The Morgan fingerprint density at radius 2 is 1.10 bits per heavy atom. The minimum absolute atomic E-state index is 0.00101. The average Bonchev–Trinajstić information content (AvgIpc) is 2.46. The van der Waals surface area contributed by atoms with Gasteiger partial charge < -0.3 is 10.2 Å². The van der Waals surface area contributed by atoms with Crippen LogP contribution in [-0.4, -0.2) is 16.0 Å². The van der Waals surface area contributed by atoms with Crippen molar-refractivity contribution in [2.75, 3.05) is 0 Å². The van der Waals surface area contributed by atoms with Crippen LogP contribution in [0.3, 0.4) is 0 Å². The van der Waals surface area contributed by atoms with Gasteiger partial charge in [-0.1, -0.05) is 91.4 Å². The lowest BCUT2D eigenvalue weighted by atomic mass is 9.90.